The largest absolute Gasteiger partial charge is 0.342 e. The molecule has 1 heterocycles. The van der Waals surface area contributed by atoms with Gasteiger partial charge in [0.05, 0.1) is 11.0 Å². The van der Waals surface area contributed by atoms with Crippen LogP contribution in [0, 0.1) is 6.92 Å². The van der Waals surface area contributed by atoms with E-state index >= 15 is 0 Å². The summed E-state index contributed by atoms with van der Waals surface area (Å²) in [6.07, 6.45) is 2.69. The van der Waals surface area contributed by atoms with Crippen LogP contribution in [0.1, 0.15) is 27.3 Å². The second kappa shape index (κ2) is 5.29. The molecule has 0 fully saturated rings. The highest BCUT2D eigenvalue weighted by atomic mass is 16.1. The van der Waals surface area contributed by atoms with Crippen molar-refractivity contribution < 1.29 is 4.79 Å². The van der Waals surface area contributed by atoms with E-state index in [0.717, 1.165) is 36.0 Å². The second-order valence-electron chi connectivity index (χ2n) is 5.00. The van der Waals surface area contributed by atoms with Gasteiger partial charge in [-0.1, -0.05) is 24.3 Å². The monoisotopic (exact) mass is 264 g/mol. The molecule has 100 valence electrons. The van der Waals surface area contributed by atoms with Crippen LogP contribution in [0.3, 0.4) is 0 Å². The van der Waals surface area contributed by atoms with Gasteiger partial charge in [0, 0.05) is 12.0 Å². The summed E-state index contributed by atoms with van der Waals surface area (Å²) in [5, 5.41) is 0. The SMILES string of the molecule is Cc1ccccc1CCc1nc2ccc(C=O)cc2[nH]1. The van der Waals surface area contributed by atoms with Gasteiger partial charge in [0.15, 0.2) is 0 Å². The maximum absolute atomic E-state index is 10.8. The van der Waals surface area contributed by atoms with Crippen LogP contribution in [0.5, 0.6) is 0 Å². The highest BCUT2D eigenvalue weighted by molar-refractivity contribution is 5.84. The number of rotatable bonds is 4. The minimum atomic E-state index is 0.673. The number of aromatic nitrogens is 2. The van der Waals surface area contributed by atoms with Crippen LogP contribution in [-0.2, 0) is 12.8 Å². The van der Waals surface area contributed by atoms with Crippen LogP contribution >= 0.6 is 0 Å². The van der Waals surface area contributed by atoms with Gasteiger partial charge in [0.25, 0.3) is 0 Å². The number of nitrogens with one attached hydrogen (secondary N) is 1. The molecule has 0 bridgehead atoms. The molecule has 0 aliphatic carbocycles. The number of aryl methyl sites for hydroxylation is 3. The lowest BCUT2D eigenvalue weighted by Gasteiger charge is -2.03. The first-order valence-corrected chi connectivity index (χ1v) is 6.74. The van der Waals surface area contributed by atoms with Gasteiger partial charge in [0.1, 0.15) is 12.1 Å². The predicted molar refractivity (Wildman–Crippen MR) is 80.1 cm³/mol. The fourth-order valence-electron chi connectivity index (χ4n) is 2.42. The van der Waals surface area contributed by atoms with E-state index in [2.05, 4.69) is 41.2 Å². The highest BCUT2D eigenvalue weighted by Gasteiger charge is 2.05. The topological polar surface area (TPSA) is 45.8 Å². The lowest BCUT2D eigenvalue weighted by atomic mass is 10.0. The smallest absolute Gasteiger partial charge is 0.150 e. The molecule has 0 amide bonds. The van der Waals surface area contributed by atoms with E-state index < -0.39 is 0 Å². The van der Waals surface area contributed by atoms with E-state index in [9.17, 15) is 4.79 Å². The van der Waals surface area contributed by atoms with Crippen LogP contribution in [0.15, 0.2) is 42.5 Å². The Balaban J connectivity index is 1.81. The first kappa shape index (κ1) is 12.6. The molecule has 0 radical (unpaired) electrons. The third-order valence-corrected chi connectivity index (χ3v) is 3.58. The van der Waals surface area contributed by atoms with Crippen molar-refractivity contribution in [2.75, 3.05) is 0 Å². The predicted octanol–water partition coefficient (Wildman–Crippen LogP) is 3.47. The molecule has 0 saturated carbocycles. The highest BCUT2D eigenvalue weighted by Crippen LogP contribution is 2.15. The molecule has 0 atom stereocenters. The number of H-pyrrole nitrogens is 1. The fraction of sp³-hybridized carbons (Fsp3) is 0.176. The van der Waals surface area contributed by atoms with Crippen LogP contribution in [0.4, 0.5) is 0 Å². The Hall–Kier alpha value is -2.42. The minimum absolute atomic E-state index is 0.673. The van der Waals surface area contributed by atoms with E-state index in [1.807, 2.05) is 12.1 Å². The number of aldehydes is 1. The van der Waals surface area contributed by atoms with Crippen molar-refractivity contribution in [3.8, 4) is 0 Å². The van der Waals surface area contributed by atoms with Gasteiger partial charge in [-0.15, -0.1) is 0 Å². The van der Waals surface area contributed by atoms with E-state index in [1.165, 1.54) is 11.1 Å². The number of imidazole rings is 1. The number of nitrogens with zero attached hydrogens (tertiary/aromatic N) is 1. The molecular formula is C17H16N2O. The standard InChI is InChI=1S/C17H16N2O/c1-12-4-2-3-5-14(12)7-9-17-18-15-8-6-13(11-20)10-16(15)19-17/h2-6,8,10-11H,7,9H2,1H3,(H,18,19). The number of benzene rings is 2. The molecule has 0 saturated heterocycles. The van der Waals surface area contributed by atoms with Gasteiger partial charge in [-0.3, -0.25) is 4.79 Å². The maximum atomic E-state index is 10.8. The van der Waals surface area contributed by atoms with Crippen molar-refractivity contribution in [3.63, 3.8) is 0 Å². The Bertz CT molecular complexity index is 759. The molecule has 2 aromatic carbocycles. The van der Waals surface area contributed by atoms with Crippen LogP contribution in [0.2, 0.25) is 0 Å². The summed E-state index contributed by atoms with van der Waals surface area (Å²) in [6, 6.07) is 13.9. The summed E-state index contributed by atoms with van der Waals surface area (Å²) in [5.74, 6) is 0.964. The van der Waals surface area contributed by atoms with Crippen molar-refractivity contribution in [2.24, 2.45) is 0 Å². The summed E-state index contributed by atoms with van der Waals surface area (Å²) in [6.45, 7) is 2.13. The molecule has 1 aromatic heterocycles. The van der Waals surface area contributed by atoms with Gasteiger partial charge >= 0.3 is 0 Å². The summed E-state index contributed by atoms with van der Waals surface area (Å²) in [7, 11) is 0. The summed E-state index contributed by atoms with van der Waals surface area (Å²) in [5.41, 5.74) is 5.17. The normalized spacial score (nSPS) is 10.8. The third-order valence-electron chi connectivity index (χ3n) is 3.58. The molecule has 20 heavy (non-hydrogen) atoms. The zero-order valence-electron chi connectivity index (χ0n) is 11.4. The lowest BCUT2D eigenvalue weighted by molar-refractivity contribution is 0.112. The van der Waals surface area contributed by atoms with E-state index in [0.29, 0.717) is 5.56 Å². The lowest BCUT2D eigenvalue weighted by Crippen LogP contribution is -1.95. The molecular weight excluding hydrogens is 248 g/mol. The molecule has 0 spiro atoms. The van der Waals surface area contributed by atoms with E-state index in [-0.39, 0.29) is 0 Å². The molecule has 0 aliphatic rings. The van der Waals surface area contributed by atoms with Gasteiger partial charge in [-0.05, 0) is 42.7 Å². The molecule has 3 heteroatoms. The molecule has 3 rings (SSSR count). The molecule has 1 N–H and O–H groups in total. The average molecular weight is 264 g/mol. The van der Waals surface area contributed by atoms with Crippen molar-refractivity contribution in [3.05, 3.63) is 65.0 Å². The zero-order valence-corrected chi connectivity index (χ0v) is 11.4. The quantitative estimate of drug-likeness (QED) is 0.733. The summed E-state index contributed by atoms with van der Waals surface area (Å²) in [4.78, 5) is 18.6. The average Bonchev–Trinajstić information content (AvgIpc) is 2.88. The van der Waals surface area contributed by atoms with Gasteiger partial charge in [-0.25, -0.2) is 4.98 Å². The molecule has 0 unspecified atom stereocenters. The number of hydrogen-bond donors (Lipinski definition) is 1. The van der Waals surface area contributed by atoms with E-state index in [1.54, 1.807) is 6.07 Å². The molecule has 3 aromatic rings. The first-order valence-electron chi connectivity index (χ1n) is 6.74. The van der Waals surface area contributed by atoms with Crippen LogP contribution in [0.25, 0.3) is 11.0 Å². The summed E-state index contributed by atoms with van der Waals surface area (Å²) < 4.78 is 0. The Morgan fingerprint density at radius 3 is 2.80 bits per heavy atom. The number of hydrogen-bond acceptors (Lipinski definition) is 2. The number of fused-ring (bicyclic) bond motifs is 1. The van der Waals surface area contributed by atoms with Crippen molar-refractivity contribution in [2.45, 2.75) is 19.8 Å². The Kier molecular flexibility index (Phi) is 3.33. The van der Waals surface area contributed by atoms with Crippen molar-refractivity contribution in [1.82, 2.24) is 9.97 Å². The minimum Gasteiger partial charge on any atom is -0.342 e. The number of carbonyl (C=O) groups is 1. The van der Waals surface area contributed by atoms with Gasteiger partial charge < -0.3 is 4.98 Å². The maximum Gasteiger partial charge on any atom is 0.150 e. The zero-order chi connectivity index (χ0) is 13.9. The number of aromatic amines is 1. The van der Waals surface area contributed by atoms with Gasteiger partial charge in [-0.2, -0.15) is 0 Å². The Morgan fingerprint density at radius 1 is 1.15 bits per heavy atom. The third kappa shape index (κ3) is 2.48. The summed E-state index contributed by atoms with van der Waals surface area (Å²) >= 11 is 0. The Labute approximate surface area is 117 Å². The first-order chi connectivity index (χ1) is 9.76. The van der Waals surface area contributed by atoms with Crippen molar-refractivity contribution in [1.29, 1.82) is 0 Å². The van der Waals surface area contributed by atoms with Gasteiger partial charge in [0.2, 0.25) is 0 Å². The van der Waals surface area contributed by atoms with Crippen LogP contribution in [-0.4, -0.2) is 16.3 Å². The second-order valence-corrected chi connectivity index (χ2v) is 5.00. The van der Waals surface area contributed by atoms with E-state index in [4.69, 9.17) is 0 Å². The van der Waals surface area contributed by atoms with Crippen LogP contribution < -0.4 is 0 Å². The molecule has 0 aliphatic heterocycles. The van der Waals surface area contributed by atoms with Crippen molar-refractivity contribution >= 4 is 17.3 Å². The Morgan fingerprint density at radius 2 is 2.00 bits per heavy atom. The number of carbonyl (C=O) groups excluding carboxylic acids is 1. The molecule has 3 nitrogen and oxygen atoms in total. The fourth-order valence-corrected chi connectivity index (χ4v) is 2.42.